The summed E-state index contributed by atoms with van der Waals surface area (Å²) in [6.07, 6.45) is 0. The molecule has 0 fully saturated rings. The van der Waals surface area contributed by atoms with Gasteiger partial charge in [0.1, 0.15) is 31.2 Å². The lowest BCUT2D eigenvalue weighted by Gasteiger charge is -2.07. The number of nitrogens with two attached hydrogens (primary N) is 2. The highest BCUT2D eigenvalue weighted by Gasteiger charge is 2.21. The molecule has 0 bridgehead atoms. The molecule has 18 heteroatoms. The number of aryl methyl sites for hydroxylation is 1. The van der Waals surface area contributed by atoms with E-state index in [1.807, 2.05) is 30.3 Å². The third kappa shape index (κ3) is 7.05. The van der Waals surface area contributed by atoms with Crippen LogP contribution in [0.15, 0.2) is 133 Å². The summed E-state index contributed by atoms with van der Waals surface area (Å²) in [6.45, 7) is 1.63. The van der Waals surface area contributed by atoms with Crippen molar-refractivity contribution in [3.63, 3.8) is 0 Å². The predicted molar refractivity (Wildman–Crippen MR) is 216 cm³/mol. The lowest BCUT2D eigenvalue weighted by molar-refractivity contribution is 0.481. The second-order valence-electron chi connectivity index (χ2n) is 12.3. The molecule has 0 aliphatic carbocycles. The minimum atomic E-state index is -4.45. The summed E-state index contributed by atoms with van der Waals surface area (Å²) < 4.78 is 68.7. The number of nitrogens with zero attached hydrogens (tertiary/aromatic N) is 6. The lowest BCUT2D eigenvalue weighted by atomic mass is 10.1. The molecular formula is C37H26N8O6S4. The zero-order chi connectivity index (χ0) is 38.6. The van der Waals surface area contributed by atoms with Crippen LogP contribution < -0.4 is 11.5 Å². The van der Waals surface area contributed by atoms with Crippen LogP contribution in [-0.2, 0) is 20.2 Å². The smallest absolute Gasteiger partial charge is 0.296 e. The average molecular weight is 807 g/mol. The van der Waals surface area contributed by atoms with Gasteiger partial charge in [0.05, 0.1) is 43.2 Å². The van der Waals surface area contributed by atoms with Crippen molar-refractivity contribution in [2.75, 3.05) is 11.5 Å². The van der Waals surface area contributed by atoms with Gasteiger partial charge in [-0.3, -0.25) is 9.11 Å². The topological polar surface area (TPSA) is 236 Å². The van der Waals surface area contributed by atoms with Crippen molar-refractivity contribution in [2.45, 2.75) is 16.7 Å². The number of nitrogen functional groups attached to an aromatic ring is 2. The van der Waals surface area contributed by atoms with Crippen molar-refractivity contribution in [2.24, 2.45) is 20.5 Å². The standard InChI is InChI=1S/C37H26N8O6S4/c1-19-6-12-29-34(35(19)55(49,50)51)53-37(41-29)21-9-13-28-32(16-21)52-36(40-28)20-7-10-22(11-8-20)42-44-30-18-31(26(39)17-25(30)38)45-43-27-14-15-33(54(46,47)48)24-5-3-2-4-23(24)27/h2-18H,38-39H2,1H3,(H,46,47,48)(H,49,50,51). The first kappa shape index (κ1) is 36.0. The highest BCUT2D eigenvalue weighted by atomic mass is 32.2. The first-order valence-corrected chi connectivity index (χ1v) is 20.6. The minimum absolute atomic E-state index is 0.123. The van der Waals surface area contributed by atoms with Gasteiger partial charge in [-0.05, 0) is 85.3 Å². The van der Waals surface area contributed by atoms with Crippen LogP contribution in [0.25, 0.3) is 52.3 Å². The number of aromatic nitrogens is 2. The molecular weight excluding hydrogens is 781 g/mol. The maximum atomic E-state index is 12.1. The van der Waals surface area contributed by atoms with Crippen LogP contribution in [0.3, 0.4) is 0 Å². The summed E-state index contributed by atoms with van der Waals surface area (Å²) in [5, 5.41) is 19.4. The fourth-order valence-corrected chi connectivity index (χ4v) is 9.95. The molecule has 0 saturated carbocycles. The molecule has 55 heavy (non-hydrogen) atoms. The monoisotopic (exact) mass is 806 g/mol. The van der Waals surface area contributed by atoms with Gasteiger partial charge in [-0.2, -0.15) is 21.9 Å². The maximum absolute atomic E-state index is 12.1. The van der Waals surface area contributed by atoms with Gasteiger partial charge in [-0.25, -0.2) is 9.97 Å². The van der Waals surface area contributed by atoms with Gasteiger partial charge in [0.2, 0.25) is 0 Å². The molecule has 0 atom stereocenters. The SMILES string of the molecule is Cc1ccc2nc(-c3ccc4nc(-c5ccc(N=Nc6cc(N=Nc7ccc(S(=O)(=O)O)c8ccccc78)c(N)cc6N)cc5)sc4c3)sc2c1S(=O)(=O)O. The van der Waals surface area contributed by atoms with Crippen LogP contribution >= 0.6 is 22.7 Å². The Labute approximate surface area is 321 Å². The van der Waals surface area contributed by atoms with Crippen LogP contribution in [0.4, 0.5) is 34.1 Å². The second kappa shape index (κ2) is 13.7. The van der Waals surface area contributed by atoms with E-state index in [-0.39, 0.29) is 26.9 Å². The number of hydrogen-bond donors (Lipinski definition) is 4. The Hall–Kier alpha value is -6.02. The third-order valence-electron chi connectivity index (χ3n) is 8.57. The number of anilines is 2. The quantitative estimate of drug-likeness (QED) is 0.0644. The highest BCUT2D eigenvalue weighted by Crippen LogP contribution is 2.40. The number of rotatable bonds is 8. The van der Waals surface area contributed by atoms with E-state index in [0.29, 0.717) is 48.6 Å². The van der Waals surface area contributed by atoms with Crippen molar-refractivity contribution < 1.29 is 25.9 Å². The van der Waals surface area contributed by atoms with Gasteiger partial charge in [-0.15, -0.1) is 38.0 Å². The van der Waals surface area contributed by atoms with Crippen molar-refractivity contribution in [1.82, 2.24) is 9.97 Å². The molecule has 6 aromatic carbocycles. The summed E-state index contributed by atoms with van der Waals surface area (Å²) in [5.74, 6) is 0. The molecule has 2 heterocycles. The molecule has 274 valence electrons. The van der Waals surface area contributed by atoms with Crippen molar-refractivity contribution >= 4 is 108 Å². The van der Waals surface area contributed by atoms with E-state index in [0.717, 1.165) is 26.4 Å². The number of azo groups is 2. The van der Waals surface area contributed by atoms with E-state index in [4.69, 9.17) is 16.5 Å². The first-order chi connectivity index (χ1) is 26.2. The fraction of sp³-hybridized carbons (Fsp3) is 0.0270. The Morgan fingerprint density at radius 3 is 1.93 bits per heavy atom. The summed E-state index contributed by atoms with van der Waals surface area (Å²) >= 11 is 2.70. The minimum Gasteiger partial charge on any atom is -0.397 e. The number of thiazole rings is 2. The third-order valence-corrected chi connectivity index (χ3v) is 12.9. The number of hydrogen-bond acceptors (Lipinski definition) is 14. The Bertz CT molecular complexity index is 3140. The van der Waals surface area contributed by atoms with E-state index in [1.54, 1.807) is 61.5 Å². The van der Waals surface area contributed by atoms with Crippen LogP contribution in [-0.4, -0.2) is 35.9 Å². The predicted octanol–water partition coefficient (Wildman–Crippen LogP) is 10.2. The number of benzene rings is 6. The van der Waals surface area contributed by atoms with Crippen molar-refractivity contribution in [3.05, 3.63) is 109 Å². The summed E-state index contributed by atoms with van der Waals surface area (Å²) in [7, 11) is -8.88. The van der Waals surface area contributed by atoms with Gasteiger partial charge >= 0.3 is 0 Å². The molecule has 0 aliphatic rings. The molecule has 8 rings (SSSR count). The van der Waals surface area contributed by atoms with E-state index < -0.39 is 20.2 Å². The Balaban J connectivity index is 1.02. The van der Waals surface area contributed by atoms with Gasteiger partial charge < -0.3 is 11.5 Å². The molecule has 2 aromatic heterocycles. The molecule has 0 unspecified atom stereocenters. The summed E-state index contributed by atoms with van der Waals surface area (Å²) in [5.41, 5.74) is 17.8. The first-order valence-electron chi connectivity index (χ1n) is 16.1. The zero-order valence-corrected chi connectivity index (χ0v) is 31.6. The normalized spacial score (nSPS) is 12.6. The summed E-state index contributed by atoms with van der Waals surface area (Å²) in [4.78, 5) is 9.07. The lowest BCUT2D eigenvalue weighted by Crippen LogP contribution is -2.00. The van der Waals surface area contributed by atoms with Crippen LogP contribution in [0.5, 0.6) is 0 Å². The van der Waals surface area contributed by atoms with E-state index in [2.05, 4.69) is 25.4 Å². The number of fused-ring (bicyclic) bond motifs is 3. The molecule has 0 amide bonds. The molecule has 6 N–H and O–H groups in total. The van der Waals surface area contributed by atoms with Gasteiger partial charge in [-0.1, -0.05) is 30.3 Å². The largest absolute Gasteiger partial charge is 0.397 e. The molecule has 14 nitrogen and oxygen atoms in total. The van der Waals surface area contributed by atoms with Crippen LogP contribution in [0.1, 0.15) is 5.56 Å². The van der Waals surface area contributed by atoms with E-state index in [1.165, 1.54) is 40.9 Å². The van der Waals surface area contributed by atoms with E-state index >= 15 is 0 Å². The maximum Gasteiger partial charge on any atom is 0.296 e. The van der Waals surface area contributed by atoms with Gasteiger partial charge in [0.25, 0.3) is 20.2 Å². The van der Waals surface area contributed by atoms with Crippen LogP contribution in [0.2, 0.25) is 0 Å². The fourth-order valence-electron chi connectivity index (χ4n) is 5.93. The highest BCUT2D eigenvalue weighted by molar-refractivity contribution is 7.86. The molecule has 0 spiro atoms. The van der Waals surface area contributed by atoms with Crippen LogP contribution in [0, 0.1) is 6.92 Å². The molecule has 8 aromatic rings. The Morgan fingerprint density at radius 2 is 1.22 bits per heavy atom. The average Bonchev–Trinajstić information content (AvgIpc) is 3.77. The Kier molecular flexibility index (Phi) is 8.95. The molecule has 0 radical (unpaired) electrons. The Morgan fingerprint density at radius 1 is 0.600 bits per heavy atom. The van der Waals surface area contributed by atoms with Gasteiger partial charge in [0, 0.05) is 21.9 Å². The summed E-state index contributed by atoms with van der Waals surface area (Å²) in [6, 6.07) is 28.8. The van der Waals surface area contributed by atoms with E-state index in [9.17, 15) is 25.9 Å². The zero-order valence-electron chi connectivity index (χ0n) is 28.3. The van der Waals surface area contributed by atoms with Crippen molar-refractivity contribution in [3.8, 4) is 21.1 Å². The molecule has 0 saturated heterocycles. The van der Waals surface area contributed by atoms with Gasteiger partial charge in [0.15, 0.2) is 0 Å². The molecule has 0 aliphatic heterocycles. The van der Waals surface area contributed by atoms with Crippen molar-refractivity contribution in [1.29, 1.82) is 0 Å². The second-order valence-corrected chi connectivity index (χ2v) is 17.1.